The van der Waals surface area contributed by atoms with Gasteiger partial charge in [0, 0.05) is 0 Å². The van der Waals surface area contributed by atoms with Gasteiger partial charge in [-0.1, -0.05) is 36.4 Å². The van der Waals surface area contributed by atoms with E-state index >= 15 is 0 Å². The summed E-state index contributed by atoms with van der Waals surface area (Å²) in [4.78, 5) is 24.1. The second-order valence-corrected chi connectivity index (χ2v) is 23.2. The van der Waals surface area contributed by atoms with Gasteiger partial charge in [-0.3, -0.25) is 4.79 Å². The van der Waals surface area contributed by atoms with Crippen LogP contribution in [0.15, 0.2) is 138 Å². The van der Waals surface area contributed by atoms with Gasteiger partial charge in [0.2, 0.25) is 0 Å². The van der Waals surface area contributed by atoms with Crippen molar-refractivity contribution < 1.29 is 45.9 Å². The van der Waals surface area contributed by atoms with E-state index in [0.29, 0.717) is 17.3 Å². The van der Waals surface area contributed by atoms with Crippen LogP contribution in [0, 0.1) is 5.41 Å². The van der Waals surface area contributed by atoms with E-state index in [1.807, 2.05) is 102 Å². The van der Waals surface area contributed by atoms with Gasteiger partial charge in [0.25, 0.3) is 0 Å². The Bertz CT molecular complexity index is 2840. The molecule has 322 valence electrons. The van der Waals surface area contributed by atoms with Crippen molar-refractivity contribution in [2.75, 3.05) is 34.5 Å². The maximum atomic E-state index is 13.0. The summed E-state index contributed by atoms with van der Waals surface area (Å²) in [6.07, 6.45) is 10.7. The van der Waals surface area contributed by atoms with Gasteiger partial charge in [-0.2, -0.15) is 0 Å². The summed E-state index contributed by atoms with van der Waals surface area (Å²) in [6.45, 7) is 4.67. The summed E-state index contributed by atoms with van der Waals surface area (Å²) >= 11 is -0.123. The molecule has 2 heterocycles. The van der Waals surface area contributed by atoms with Crippen molar-refractivity contribution >= 4 is 67.7 Å². The molecule has 0 atom stereocenters. The van der Waals surface area contributed by atoms with Crippen LogP contribution in [0.1, 0.15) is 44.1 Å². The maximum absolute atomic E-state index is 13.0. The molecule has 1 aliphatic heterocycles. The van der Waals surface area contributed by atoms with E-state index in [4.69, 9.17) is 9.84 Å². The molecule has 4 aromatic carbocycles. The third-order valence-corrected chi connectivity index (χ3v) is 16.4. The number of carbonyl (C=O) groups excluding carboxylic acids is 1. The molecule has 2 aliphatic rings. The first kappa shape index (κ1) is 44.5. The summed E-state index contributed by atoms with van der Waals surface area (Å²) in [5.41, 5.74) is 7.73. The van der Waals surface area contributed by atoms with Crippen LogP contribution in [0.5, 0.6) is 5.75 Å². The standard InChI is InChI=1S/C48H48N2O9S2Se/c1-48(2)32-34(10-9-15-44-49(22-26-60(55,56)24-20-46(51)52)40-30-38(16-18-42(40)59-44)36-11-5-3-6-12-36)28-35(33-48)29-45-50(23-27-61(57,58)25-21-47(53)54)41-31-39(17-19-43(41)62-45)37-13-7-4-8-14-37/h3-19,28-31H,20-27,32-33H2,1-2H3,(H-,51,52,53,54). The Labute approximate surface area is 368 Å². The number of carbonyl (C=O) groups is 2. The van der Waals surface area contributed by atoms with Crippen LogP contribution in [-0.2, 0) is 35.8 Å². The van der Waals surface area contributed by atoms with Crippen LogP contribution in [-0.4, -0.2) is 77.9 Å². The molecule has 1 aromatic heterocycles. The van der Waals surface area contributed by atoms with E-state index in [1.165, 1.54) is 0 Å². The molecule has 0 saturated heterocycles. The fraction of sp³-hybridized carbons (Fsp3) is 0.271. The molecule has 62 heavy (non-hydrogen) atoms. The molecule has 7 rings (SSSR count). The Morgan fingerprint density at radius 1 is 0.823 bits per heavy atom. The number of fused-ring (bicyclic) bond motifs is 2. The van der Waals surface area contributed by atoms with Crippen LogP contribution in [0.2, 0.25) is 0 Å². The Morgan fingerprint density at radius 3 is 2.15 bits per heavy atom. The molecule has 0 spiro atoms. The Morgan fingerprint density at radius 2 is 1.47 bits per heavy atom. The molecular weight excluding hydrogens is 892 g/mol. The van der Waals surface area contributed by atoms with Crippen molar-refractivity contribution in [3.63, 3.8) is 0 Å². The van der Waals surface area contributed by atoms with Gasteiger partial charge in [-0.25, -0.2) is 8.42 Å². The SMILES string of the molecule is CC1(C)CC(/C=C/C=C2\Oc3ccc(-c4ccccc4)cc3N2CCS(=O)(=O)CCC(=O)O)=CC(=C/c2[se]c3ccc(-c4ccccc4)cc3[n+]2CCS(=O)(=O)CCC(=O)[O-])/C1. The second-order valence-electron chi connectivity index (χ2n) is 16.3. The first-order chi connectivity index (χ1) is 29.5. The Hall–Kier alpha value is -5.53. The van der Waals surface area contributed by atoms with E-state index in [-0.39, 0.29) is 44.5 Å². The monoisotopic (exact) mass is 940 g/mol. The number of hydrogen-bond donors (Lipinski definition) is 1. The number of benzene rings is 4. The van der Waals surface area contributed by atoms with Crippen LogP contribution >= 0.6 is 0 Å². The van der Waals surface area contributed by atoms with Crippen molar-refractivity contribution in [1.29, 1.82) is 0 Å². The molecule has 5 aromatic rings. The van der Waals surface area contributed by atoms with Gasteiger partial charge in [0.1, 0.15) is 0 Å². The number of rotatable bonds is 17. The fourth-order valence-electron chi connectivity index (χ4n) is 7.78. The number of ether oxygens (including phenoxy) is 1. The Balaban J connectivity index is 1.20. The minimum atomic E-state index is -3.67. The van der Waals surface area contributed by atoms with Crippen LogP contribution < -0.4 is 19.3 Å². The third-order valence-electron chi connectivity index (χ3n) is 10.8. The number of carboxylic acid groups (broad SMARTS) is 2. The molecule has 0 saturated carbocycles. The first-order valence-electron chi connectivity index (χ1n) is 20.3. The number of aromatic nitrogens is 1. The van der Waals surface area contributed by atoms with Crippen molar-refractivity contribution in [3.05, 3.63) is 143 Å². The summed E-state index contributed by atoms with van der Waals surface area (Å²) in [5, 5.41) is 20.2. The van der Waals surface area contributed by atoms with Crippen LogP contribution in [0.3, 0.4) is 0 Å². The van der Waals surface area contributed by atoms with Gasteiger partial charge in [-0.15, -0.1) is 0 Å². The number of sulfone groups is 2. The summed E-state index contributed by atoms with van der Waals surface area (Å²) in [5.74, 6) is -2.91. The fourth-order valence-corrected chi connectivity index (χ4v) is 12.5. The van der Waals surface area contributed by atoms with E-state index < -0.39 is 56.0 Å². The van der Waals surface area contributed by atoms with Crippen LogP contribution in [0.4, 0.5) is 5.69 Å². The van der Waals surface area contributed by atoms with E-state index in [9.17, 15) is 31.5 Å². The molecule has 0 amide bonds. The quantitative estimate of drug-likeness (QED) is 0.0818. The third kappa shape index (κ3) is 11.5. The zero-order valence-electron chi connectivity index (χ0n) is 34.5. The second kappa shape index (κ2) is 18.8. The van der Waals surface area contributed by atoms with E-state index in [0.717, 1.165) is 60.6 Å². The van der Waals surface area contributed by atoms with Gasteiger partial charge in [0.15, 0.2) is 9.84 Å². The van der Waals surface area contributed by atoms with Gasteiger partial charge < -0.3 is 5.11 Å². The molecule has 0 bridgehead atoms. The molecule has 14 heteroatoms. The van der Waals surface area contributed by atoms with Crippen molar-refractivity contribution in [3.8, 4) is 28.0 Å². The van der Waals surface area contributed by atoms with Gasteiger partial charge >= 0.3 is 283 Å². The average molecular weight is 940 g/mol. The average Bonchev–Trinajstić information content (AvgIpc) is 3.76. The summed E-state index contributed by atoms with van der Waals surface area (Å²) in [6, 6.07) is 31.9. The Kier molecular flexibility index (Phi) is 13.5. The zero-order chi connectivity index (χ0) is 44.1. The van der Waals surface area contributed by atoms with Gasteiger partial charge in [0.05, 0.1) is 12.2 Å². The molecular formula is C48H48N2O9S2Se. The topological polar surface area (TPSA) is 162 Å². The van der Waals surface area contributed by atoms with E-state index in [2.05, 4.69) is 48.8 Å². The number of aliphatic carboxylic acids is 2. The van der Waals surface area contributed by atoms with Crippen molar-refractivity contribution in [1.82, 2.24) is 0 Å². The molecule has 11 nitrogen and oxygen atoms in total. The first-order valence-corrected chi connectivity index (χ1v) is 25.7. The normalized spacial score (nSPS) is 16.5. The predicted molar refractivity (Wildman–Crippen MR) is 242 cm³/mol. The zero-order valence-corrected chi connectivity index (χ0v) is 37.9. The summed E-state index contributed by atoms with van der Waals surface area (Å²) in [7, 11) is -7.33. The molecule has 0 radical (unpaired) electrons. The number of carboxylic acids is 2. The molecule has 0 unspecified atom stereocenters. The molecule has 1 N–H and O–H groups in total. The number of nitrogens with zero attached hydrogens (tertiary/aromatic N) is 2. The summed E-state index contributed by atoms with van der Waals surface area (Å²) < 4.78 is 62.3. The van der Waals surface area contributed by atoms with E-state index in [1.54, 1.807) is 0 Å². The number of aryl methyl sites for hydroxylation is 1. The minimum absolute atomic E-state index is 0.0691. The predicted octanol–water partition coefficient (Wildman–Crippen LogP) is 6.39. The van der Waals surface area contributed by atoms with Crippen molar-refractivity contribution in [2.24, 2.45) is 5.41 Å². The molecule has 0 fully saturated rings. The van der Waals surface area contributed by atoms with Gasteiger partial charge in [-0.05, 0) is 11.1 Å². The molecule has 1 aliphatic carbocycles. The van der Waals surface area contributed by atoms with Crippen molar-refractivity contribution in [2.45, 2.75) is 46.1 Å². The van der Waals surface area contributed by atoms with Crippen LogP contribution in [0.25, 0.3) is 38.1 Å². The number of anilines is 1. The number of allylic oxidation sites excluding steroid dienone is 6. The number of hydrogen-bond acceptors (Lipinski definition) is 9.